The molecule has 146 valence electrons. The molecule has 3 aromatic carbocycles. The topological polar surface area (TPSA) is 67.0 Å². The summed E-state index contributed by atoms with van der Waals surface area (Å²) < 4.78 is 5.83. The van der Waals surface area contributed by atoms with E-state index in [1.54, 1.807) is 38.1 Å². The van der Waals surface area contributed by atoms with Crippen LogP contribution < -0.4 is 10.1 Å². The molecular formula is C23H20ClN3O2. The smallest absolute Gasteiger partial charge is 0.267 e. The van der Waals surface area contributed by atoms with Gasteiger partial charge in [0.15, 0.2) is 5.60 Å². The van der Waals surface area contributed by atoms with Gasteiger partial charge in [0, 0.05) is 16.3 Å². The van der Waals surface area contributed by atoms with Crippen LogP contribution in [0.5, 0.6) is 5.75 Å². The van der Waals surface area contributed by atoms with Crippen LogP contribution in [0.2, 0.25) is 5.02 Å². The maximum atomic E-state index is 12.7. The summed E-state index contributed by atoms with van der Waals surface area (Å²) in [7, 11) is 0. The van der Waals surface area contributed by atoms with Gasteiger partial charge in [-0.2, -0.15) is 0 Å². The Hall–Kier alpha value is -3.31. The van der Waals surface area contributed by atoms with Crippen molar-refractivity contribution in [1.82, 2.24) is 9.97 Å². The second-order valence-electron chi connectivity index (χ2n) is 7.20. The number of H-pyrrole nitrogens is 1. The zero-order valence-electron chi connectivity index (χ0n) is 16.1. The van der Waals surface area contributed by atoms with Crippen molar-refractivity contribution in [3.05, 3.63) is 77.8 Å². The molecule has 0 atom stereocenters. The first kappa shape index (κ1) is 19.0. The number of rotatable bonds is 5. The molecule has 1 amide bonds. The van der Waals surface area contributed by atoms with Crippen molar-refractivity contribution in [1.29, 1.82) is 0 Å². The second kappa shape index (κ2) is 7.60. The summed E-state index contributed by atoms with van der Waals surface area (Å²) in [5.41, 5.74) is 2.48. The van der Waals surface area contributed by atoms with Gasteiger partial charge in [-0.1, -0.05) is 23.7 Å². The Bertz CT molecular complexity index is 1120. The number of imidazole rings is 1. The van der Waals surface area contributed by atoms with E-state index in [2.05, 4.69) is 15.3 Å². The monoisotopic (exact) mass is 405 g/mol. The minimum Gasteiger partial charge on any atom is -0.478 e. The number of fused-ring (bicyclic) bond motifs is 1. The fourth-order valence-electron chi connectivity index (χ4n) is 2.93. The number of carbonyl (C=O) groups is 1. The SMILES string of the molecule is CC(C)(Oc1ccc(Cl)cc1)C(=O)Nc1ccc(-c2nc3ccccc3[nH]2)cc1. The van der Waals surface area contributed by atoms with Crippen LogP contribution in [0.25, 0.3) is 22.4 Å². The van der Waals surface area contributed by atoms with Crippen molar-refractivity contribution in [2.24, 2.45) is 0 Å². The number of benzene rings is 3. The highest BCUT2D eigenvalue weighted by Gasteiger charge is 2.30. The van der Waals surface area contributed by atoms with Crippen LogP contribution in [0, 0.1) is 0 Å². The summed E-state index contributed by atoms with van der Waals surface area (Å²) in [6.07, 6.45) is 0. The summed E-state index contributed by atoms with van der Waals surface area (Å²) in [5, 5.41) is 3.51. The van der Waals surface area contributed by atoms with E-state index in [4.69, 9.17) is 16.3 Å². The van der Waals surface area contributed by atoms with Crippen molar-refractivity contribution in [3.8, 4) is 17.1 Å². The Morgan fingerprint density at radius 3 is 2.38 bits per heavy atom. The fraction of sp³-hybridized carbons (Fsp3) is 0.130. The summed E-state index contributed by atoms with van der Waals surface area (Å²) in [6, 6.07) is 22.3. The lowest BCUT2D eigenvalue weighted by atomic mass is 10.1. The van der Waals surface area contributed by atoms with E-state index in [-0.39, 0.29) is 5.91 Å². The number of nitrogens with one attached hydrogen (secondary N) is 2. The van der Waals surface area contributed by atoms with Crippen LogP contribution in [0.1, 0.15) is 13.8 Å². The number of ether oxygens (including phenoxy) is 1. The first-order valence-electron chi connectivity index (χ1n) is 9.22. The second-order valence-corrected chi connectivity index (χ2v) is 7.64. The predicted octanol–water partition coefficient (Wildman–Crippen LogP) is 5.68. The van der Waals surface area contributed by atoms with Crippen LogP contribution in [0.15, 0.2) is 72.8 Å². The van der Waals surface area contributed by atoms with Crippen LogP contribution in [0.4, 0.5) is 5.69 Å². The third kappa shape index (κ3) is 4.25. The molecule has 1 aromatic heterocycles. The summed E-state index contributed by atoms with van der Waals surface area (Å²) >= 11 is 5.89. The van der Waals surface area contributed by atoms with Gasteiger partial charge in [0.1, 0.15) is 11.6 Å². The molecule has 0 aliphatic carbocycles. The zero-order chi connectivity index (χ0) is 20.4. The largest absolute Gasteiger partial charge is 0.478 e. The highest BCUT2D eigenvalue weighted by molar-refractivity contribution is 6.30. The van der Waals surface area contributed by atoms with Crippen molar-refractivity contribution in [2.75, 3.05) is 5.32 Å². The molecule has 0 radical (unpaired) electrons. The number of nitrogens with zero attached hydrogens (tertiary/aromatic N) is 1. The molecule has 0 bridgehead atoms. The molecule has 0 fully saturated rings. The lowest BCUT2D eigenvalue weighted by Gasteiger charge is -2.25. The Balaban J connectivity index is 1.46. The van der Waals surface area contributed by atoms with Crippen molar-refractivity contribution >= 4 is 34.2 Å². The van der Waals surface area contributed by atoms with E-state index in [1.807, 2.05) is 48.5 Å². The zero-order valence-corrected chi connectivity index (χ0v) is 16.8. The number of carbonyl (C=O) groups excluding carboxylic acids is 1. The van der Waals surface area contributed by atoms with Gasteiger partial charge in [-0.3, -0.25) is 4.79 Å². The minimum absolute atomic E-state index is 0.246. The number of aromatic amines is 1. The lowest BCUT2D eigenvalue weighted by molar-refractivity contribution is -0.128. The number of halogens is 1. The number of amides is 1. The predicted molar refractivity (Wildman–Crippen MR) is 116 cm³/mol. The summed E-state index contributed by atoms with van der Waals surface area (Å²) in [6.45, 7) is 3.44. The molecule has 0 aliphatic rings. The molecule has 0 spiro atoms. The molecule has 0 saturated carbocycles. The highest BCUT2D eigenvalue weighted by atomic mass is 35.5. The molecule has 6 heteroatoms. The summed E-state index contributed by atoms with van der Waals surface area (Å²) in [5.74, 6) is 1.12. The van der Waals surface area contributed by atoms with Crippen LogP contribution in [-0.2, 0) is 4.79 Å². The molecule has 0 saturated heterocycles. The Labute approximate surface area is 173 Å². The van der Waals surface area contributed by atoms with Crippen molar-refractivity contribution < 1.29 is 9.53 Å². The van der Waals surface area contributed by atoms with Gasteiger partial charge in [0.2, 0.25) is 0 Å². The molecule has 29 heavy (non-hydrogen) atoms. The van der Waals surface area contributed by atoms with Crippen molar-refractivity contribution in [2.45, 2.75) is 19.4 Å². The Morgan fingerprint density at radius 2 is 1.69 bits per heavy atom. The van der Waals surface area contributed by atoms with Gasteiger partial charge in [-0.25, -0.2) is 4.98 Å². The van der Waals surface area contributed by atoms with Gasteiger partial charge in [0.05, 0.1) is 11.0 Å². The number of para-hydroxylation sites is 2. The molecular weight excluding hydrogens is 386 g/mol. The standard InChI is InChI=1S/C23H20ClN3O2/c1-23(2,29-18-13-9-16(24)10-14-18)22(28)25-17-11-7-15(8-12-17)21-26-19-5-3-4-6-20(19)27-21/h3-14H,1-2H3,(H,25,28)(H,26,27). The van der Waals surface area contributed by atoms with Gasteiger partial charge in [-0.05, 0) is 74.5 Å². The van der Waals surface area contributed by atoms with Gasteiger partial charge in [0.25, 0.3) is 5.91 Å². The van der Waals surface area contributed by atoms with E-state index >= 15 is 0 Å². The maximum Gasteiger partial charge on any atom is 0.267 e. The molecule has 4 rings (SSSR count). The van der Waals surface area contributed by atoms with E-state index in [9.17, 15) is 4.79 Å². The molecule has 5 nitrogen and oxygen atoms in total. The van der Waals surface area contributed by atoms with E-state index in [0.717, 1.165) is 22.4 Å². The minimum atomic E-state index is -1.05. The average Bonchev–Trinajstić information content (AvgIpc) is 3.14. The van der Waals surface area contributed by atoms with E-state index in [0.29, 0.717) is 16.5 Å². The van der Waals surface area contributed by atoms with Gasteiger partial charge in [-0.15, -0.1) is 0 Å². The quantitative estimate of drug-likeness (QED) is 0.449. The normalized spacial score (nSPS) is 11.4. The van der Waals surface area contributed by atoms with Gasteiger partial charge >= 0.3 is 0 Å². The van der Waals surface area contributed by atoms with Crippen LogP contribution >= 0.6 is 11.6 Å². The molecule has 4 aromatic rings. The first-order chi connectivity index (χ1) is 13.9. The highest BCUT2D eigenvalue weighted by Crippen LogP contribution is 2.24. The maximum absolute atomic E-state index is 12.7. The summed E-state index contributed by atoms with van der Waals surface area (Å²) in [4.78, 5) is 20.6. The number of hydrogen-bond donors (Lipinski definition) is 2. The Morgan fingerprint density at radius 1 is 1.00 bits per heavy atom. The molecule has 1 heterocycles. The van der Waals surface area contributed by atoms with Crippen molar-refractivity contribution in [3.63, 3.8) is 0 Å². The molecule has 0 aliphatic heterocycles. The lowest BCUT2D eigenvalue weighted by Crippen LogP contribution is -2.42. The fourth-order valence-corrected chi connectivity index (χ4v) is 3.05. The number of anilines is 1. The number of aromatic nitrogens is 2. The Kier molecular flexibility index (Phi) is 4.99. The van der Waals surface area contributed by atoms with E-state index < -0.39 is 5.60 Å². The van der Waals surface area contributed by atoms with Crippen LogP contribution in [-0.4, -0.2) is 21.5 Å². The molecule has 0 unspecified atom stereocenters. The first-order valence-corrected chi connectivity index (χ1v) is 9.60. The molecule has 2 N–H and O–H groups in total. The van der Waals surface area contributed by atoms with Gasteiger partial charge < -0.3 is 15.0 Å². The third-order valence-electron chi connectivity index (χ3n) is 4.54. The van der Waals surface area contributed by atoms with Crippen LogP contribution in [0.3, 0.4) is 0 Å². The number of hydrogen-bond acceptors (Lipinski definition) is 3. The van der Waals surface area contributed by atoms with E-state index in [1.165, 1.54) is 0 Å². The third-order valence-corrected chi connectivity index (χ3v) is 4.79. The average molecular weight is 406 g/mol.